The van der Waals surface area contributed by atoms with Crippen LogP contribution in [0.15, 0.2) is 48.8 Å². The molecule has 9 heteroatoms. The number of carbonyl (C=O) groups is 1. The lowest BCUT2D eigenvalue weighted by atomic mass is 9.93. The Morgan fingerprint density at radius 1 is 1.06 bits per heavy atom. The number of likely N-dealkylation sites (tertiary alicyclic amines) is 1. The van der Waals surface area contributed by atoms with Crippen molar-refractivity contribution in [2.75, 3.05) is 43.5 Å². The van der Waals surface area contributed by atoms with Crippen LogP contribution in [0.5, 0.6) is 0 Å². The molecule has 2 aliphatic rings. The van der Waals surface area contributed by atoms with E-state index in [9.17, 15) is 9.18 Å². The van der Waals surface area contributed by atoms with E-state index < -0.39 is 0 Å². The minimum atomic E-state index is -0.315. The Balaban J connectivity index is 1.48. The Morgan fingerprint density at radius 3 is 2.65 bits per heavy atom. The van der Waals surface area contributed by atoms with Crippen molar-refractivity contribution in [3.63, 3.8) is 0 Å². The van der Waals surface area contributed by atoms with E-state index in [0.29, 0.717) is 31.0 Å². The zero-order valence-electron chi connectivity index (χ0n) is 18.9. The molecule has 176 valence electrons. The molecule has 4 heterocycles. The van der Waals surface area contributed by atoms with Crippen molar-refractivity contribution in [1.29, 1.82) is 0 Å². The lowest BCUT2D eigenvalue weighted by Gasteiger charge is -2.36. The Kier molecular flexibility index (Phi) is 6.35. The second kappa shape index (κ2) is 9.72. The molecule has 2 aliphatic heterocycles. The molecule has 0 aliphatic carbocycles. The number of ether oxygens (including phenoxy) is 1. The van der Waals surface area contributed by atoms with Crippen LogP contribution >= 0.6 is 0 Å². The van der Waals surface area contributed by atoms with Gasteiger partial charge in [0.1, 0.15) is 11.6 Å². The zero-order chi connectivity index (χ0) is 23.5. The highest BCUT2D eigenvalue weighted by Gasteiger charge is 2.32. The average molecular weight is 463 g/mol. The molecular weight excluding hydrogens is 435 g/mol. The number of carbonyl (C=O) groups excluding carboxylic acids is 1. The molecule has 3 aromatic rings. The van der Waals surface area contributed by atoms with E-state index in [1.54, 1.807) is 30.6 Å². The van der Waals surface area contributed by atoms with E-state index in [0.717, 1.165) is 49.3 Å². The number of benzene rings is 1. The number of pyridine rings is 1. The molecule has 2 saturated heterocycles. The molecule has 8 nitrogen and oxygen atoms in total. The van der Waals surface area contributed by atoms with Gasteiger partial charge in [-0.3, -0.25) is 4.79 Å². The maximum Gasteiger partial charge on any atom is 0.254 e. The summed E-state index contributed by atoms with van der Waals surface area (Å²) in [7, 11) is 0. The number of hydrogen-bond acceptors (Lipinski definition) is 7. The first-order valence-corrected chi connectivity index (χ1v) is 11.6. The van der Waals surface area contributed by atoms with E-state index in [-0.39, 0.29) is 23.7 Å². The van der Waals surface area contributed by atoms with Crippen molar-refractivity contribution in [3.05, 3.63) is 65.9 Å². The number of nitrogens with zero attached hydrogens (tertiary/aromatic N) is 5. The Hall–Kier alpha value is -3.59. The monoisotopic (exact) mass is 462 g/mol. The van der Waals surface area contributed by atoms with Crippen LogP contribution < -0.4 is 10.6 Å². The number of piperidine rings is 1. The van der Waals surface area contributed by atoms with Crippen LogP contribution in [0.1, 0.15) is 41.4 Å². The number of amides is 1. The molecule has 0 unspecified atom stereocenters. The Bertz CT molecular complexity index is 1170. The van der Waals surface area contributed by atoms with Gasteiger partial charge < -0.3 is 20.3 Å². The van der Waals surface area contributed by atoms with Crippen LogP contribution in [-0.4, -0.2) is 58.6 Å². The Morgan fingerprint density at radius 2 is 1.85 bits per heavy atom. The van der Waals surface area contributed by atoms with Crippen molar-refractivity contribution < 1.29 is 13.9 Å². The van der Waals surface area contributed by atoms with Gasteiger partial charge in [0.05, 0.1) is 24.9 Å². The van der Waals surface area contributed by atoms with Gasteiger partial charge in [0, 0.05) is 43.2 Å². The number of anilines is 2. The van der Waals surface area contributed by atoms with Crippen molar-refractivity contribution in [3.8, 4) is 11.1 Å². The fraction of sp³-hybridized carbons (Fsp3) is 0.360. The molecule has 1 amide bonds. The largest absolute Gasteiger partial charge is 0.378 e. The van der Waals surface area contributed by atoms with Gasteiger partial charge in [-0.2, -0.15) is 0 Å². The average Bonchev–Trinajstić information content (AvgIpc) is 2.89. The van der Waals surface area contributed by atoms with E-state index in [2.05, 4.69) is 19.9 Å². The molecule has 5 rings (SSSR count). The molecule has 2 fully saturated rings. The van der Waals surface area contributed by atoms with Crippen LogP contribution in [0.25, 0.3) is 11.1 Å². The molecular formula is C25H27FN6O2. The number of nitrogens with two attached hydrogens (primary N) is 1. The predicted molar refractivity (Wildman–Crippen MR) is 127 cm³/mol. The summed E-state index contributed by atoms with van der Waals surface area (Å²) < 4.78 is 19.0. The van der Waals surface area contributed by atoms with Crippen molar-refractivity contribution in [1.82, 2.24) is 19.9 Å². The van der Waals surface area contributed by atoms with E-state index in [1.807, 2.05) is 11.0 Å². The summed E-state index contributed by atoms with van der Waals surface area (Å²) in [6, 6.07) is 9.56. The van der Waals surface area contributed by atoms with Gasteiger partial charge in [-0.05, 0) is 49.1 Å². The van der Waals surface area contributed by atoms with Gasteiger partial charge in [-0.1, -0.05) is 12.1 Å². The first-order valence-electron chi connectivity index (χ1n) is 11.6. The molecule has 2 N–H and O–H groups in total. The molecule has 1 aromatic carbocycles. The second-order valence-corrected chi connectivity index (χ2v) is 8.55. The fourth-order valence-corrected chi connectivity index (χ4v) is 4.66. The maximum absolute atomic E-state index is 13.7. The van der Waals surface area contributed by atoms with Gasteiger partial charge >= 0.3 is 0 Å². The number of nitrogen functional groups attached to an aromatic ring is 1. The summed E-state index contributed by atoms with van der Waals surface area (Å²) in [6.45, 7) is 3.41. The first kappa shape index (κ1) is 22.2. The minimum absolute atomic E-state index is 0.0659. The van der Waals surface area contributed by atoms with E-state index in [4.69, 9.17) is 10.5 Å². The SMILES string of the molecule is Nc1ncc(-c2ccc(F)cc2)c([C@H]2CCCCN2C(=O)c2ccnc(N3CCOCC3)c2)n1. The highest BCUT2D eigenvalue weighted by molar-refractivity contribution is 5.95. The molecule has 1 atom stereocenters. The predicted octanol–water partition coefficient (Wildman–Crippen LogP) is 3.46. The normalized spacial score (nSPS) is 18.7. The fourth-order valence-electron chi connectivity index (χ4n) is 4.66. The van der Waals surface area contributed by atoms with Gasteiger partial charge in [0.2, 0.25) is 5.95 Å². The summed E-state index contributed by atoms with van der Waals surface area (Å²) in [4.78, 5) is 30.9. The number of rotatable bonds is 4. The standard InChI is InChI=1S/C25H27FN6O2/c26-19-6-4-17(5-7-19)20-16-29-25(27)30-23(20)21-3-1-2-10-32(21)24(33)18-8-9-28-22(15-18)31-11-13-34-14-12-31/h4-9,15-16,21H,1-3,10-14H2,(H2,27,29,30)/t21-/m1/s1. The van der Waals surface area contributed by atoms with Crippen LogP contribution in [-0.2, 0) is 4.74 Å². The number of hydrogen-bond donors (Lipinski definition) is 1. The lowest BCUT2D eigenvalue weighted by Crippen LogP contribution is -2.40. The third-order valence-corrected chi connectivity index (χ3v) is 6.40. The topological polar surface area (TPSA) is 97.5 Å². The number of aromatic nitrogens is 3. The van der Waals surface area contributed by atoms with Gasteiger partial charge in [-0.15, -0.1) is 0 Å². The first-order chi connectivity index (χ1) is 16.6. The number of morpholine rings is 1. The van der Waals surface area contributed by atoms with Crippen LogP contribution in [0, 0.1) is 5.82 Å². The summed E-state index contributed by atoms with van der Waals surface area (Å²) in [5.74, 6) is 0.548. The zero-order valence-corrected chi connectivity index (χ0v) is 18.9. The van der Waals surface area contributed by atoms with Crippen LogP contribution in [0.2, 0.25) is 0 Å². The molecule has 0 bridgehead atoms. The third kappa shape index (κ3) is 4.56. The summed E-state index contributed by atoms with van der Waals surface area (Å²) >= 11 is 0. The van der Waals surface area contributed by atoms with Crippen molar-refractivity contribution in [2.45, 2.75) is 25.3 Å². The smallest absolute Gasteiger partial charge is 0.254 e. The Labute approximate surface area is 197 Å². The second-order valence-electron chi connectivity index (χ2n) is 8.55. The third-order valence-electron chi connectivity index (χ3n) is 6.40. The molecule has 0 saturated carbocycles. The molecule has 0 spiro atoms. The quantitative estimate of drug-likeness (QED) is 0.634. The lowest BCUT2D eigenvalue weighted by molar-refractivity contribution is 0.0606. The van der Waals surface area contributed by atoms with Crippen LogP contribution in [0.3, 0.4) is 0 Å². The maximum atomic E-state index is 13.7. The molecule has 2 aromatic heterocycles. The summed E-state index contributed by atoms with van der Waals surface area (Å²) in [5.41, 5.74) is 8.78. The van der Waals surface area contributed by atoms with Crippen molar-refractivity contribution >= 4 is 17.7 Å². The van der Waals surface area contributed by atoms with E-state index >= 15 is 0 Å². The number of halogens is 1. The van der Waals surface area contributed by atoms with Gasteiger partial charge in [0.25, 0.3) is 5.91 Å². The molecule has 34 heavy (non-hydrogen) atoms. The highest BCUT2D eigenvalue weighted by Crippen LogP contribution is 2.37. The minimum Gasteiger partial charge on any atom is -0.378 e. The molecule has 0 radical (unpaired) electrons. The van der Waals surface area contributed by atoms with Crippen LogP contribution in [0.4, 0.5) is 16.2 Å². The highest BCUT2D eigenvalue weighted by atomic mass is 19.1. The van der Waals surface area contributed by atoms with Gasteiger partial charge in [0.15, 0.2) is 0 Å². The summed E-state index contributed by atoms with van der Waals surface area (Å²) in [5, 5.41) is 0. The van der Waals surface area contributed by atoms with Gasteiger partial charge in [-0.25, -0.2) is 19.3 Å². The van der Waals surface area contributed by atoms with Crippen molar-refractivity contribution in [2.24, 2.45) is 0 Å². The van der Waals surface area contributed by atoms with E-state index in [1.165, 1.54) is 12.1 Å². The summed E-state index contributed by atoms with van der Waals surface area (Å²) in [6.07, 6.45) is 5.99.